The molecule has 0 bridgehead atoms. The fraction of sp³-hybridized carbons (Fsp3) is 0.538. The number of hydrogen-bond donors (Lipinski definition) is 2. The van der Waals surface area contributed by atoms with Crippen LogP contribution in [-0.2, 0) is 0 Å². The van der Waals surface area contributed by atoms with Crippen molar-refractivity contribution in [2.75, 3.05) is 23.8 Å². The van der Waals surface area contributed by atoms with Gasteiger partial charge in [0.25, 0.3) is 0 Å². The first-order valence-corrected chi connectivity index (χ1v) is 8.18. The molecule has 2 unspecified atom stereocenters. The number of aromatic hydroxyl groups is 1. The van der Waals surface area contributed by atoms with Gasteiger partial charge in [0.2, 0.25) is 0 Å². The maximum Gasteiger partial charge on any atom is 0.120 e. The summed E-state index contributed by atoms with van der Waals surface area (Å²) in [6.45, 7) is 3.13. The van der Waals surface area contributed by atoms with E-state index < -0.39 is 0 Å². The molecule has 94 valence electrons. The Hall–Kier alpha value is -0.320. The number of rotatable bonds is 4. The largest absolute Gasteiger partial charge is 0.508 e. The number of benzene rings is 1. The number of para-hydroxylation sites is 1. The molecular formula is C13H19NOS2. The maximum atomic E-state index is 9.77. The zero-order chi connectivity index (χ0) is 12.1. The molecule has 2 atom stereocenters. The molecule has 2 N–H and O–H groups in total. The second-order valence-corrected chi connectivity index (χ2v) is 6.81. The van der Waals surface area contributed by atoms with Crippen LogP contribution in [0.3, 0.4) is 0 Å². The quantitative estimate of drug-likeness (QED) is 0.880. The van der Waals surface area contributed by atoms with Gasteiger partial charge in [-0.3, -0.25) is 0 Å². The van der Waals surface area contributed by atoms with Gasteiger partial charge in [0, 0.05) is 40.7 Å². The molecule has 17 heavy (non-hydrogen) atoms. The fourth-order valence-electron chi connectivity index (χ4n) is 1.93. The minimum absolute atomic E-state index is 0.212. The van der Waals surface area contributed by atoms with Gasteiger partial charge in [0.1, 0.15) is 5.75 Å². The van der Waals surface area contributed by atoms with Crippen LogP contribution >= 0.6 is 23.5 Å². The monoisotopic (exact) mass is 269 g/mol. The van der Waals surface area contributed by atoms with Gasteiger partial charge in [0.15, 0.2) is 0 Å². The second kappa shape index (κ2) is 6.57. The maximum absolute atomic E-state index is 9.77. The van der Waals surface area contributed by atoms with Crippen LogP contribution in [0.2, 0.25) is 0 Å². The predicted molar refractivity (Wildman–Crippen MR) is 78.1 cm³/mol. The van der Waals surface area contributed by atoms with Crippen molar-refractivity contribution in [1.82, 2.24) is 5.32 Å². The molecule has 1 saturated heterocycles. The van der Waals surface area contributed by atoms with Crippen LogP contribution in [0.4, 0.5) is 0 Å². The first-order valence-electron chi connectivity index (χ1n) is 5.98. The summed E-state index contributed by atoms with van der Waals surface area (Å²) in [4.78, 5) is 0. The smallest absolute Gasteiger partial charge is 0.120 e. The molecule has 0 amide bonds. The number of nitrogens with one attached hydrogen (secondary N) is 1. The summed E-state index contributed by atoms with van der Waals surface area (Å²) in [5.41, 5.74) is 0.987. The summed E-state index contributed by atoms with van der Waals surface area (Å²) in [7, 11) is 0. The molecule has 1 aromatic carbocycles. The lowest BCUT2D eigenvalue weighted by molar-refractivity contribution is 0.453. The molecule has 1 aliphatic rings. The minimum atomic E-state index is 0.212. The van der Waals surface area contributed by atoms with Crippen LogP contribution in [0.25, 0.3) is 0 Å². The molecule has 1 fully saturated rings. The number of phenols is 1. The van der Waals surface area contributed by atoms with Crippen molar-refractivity contribution in [3.05, 3.63) is 29.8 Å². The lowest BCUT2D eigenvalue weighted by Gasteiger charge is -2.23. The van der Waals surface area contributed by atoms with Crippen molar-refractivity contribution < 1.29 is 5.11 Å². The third-order valence-corrected chi connectivity index (χ3v) is 5.78. The Morgan fingerprint density at radius 1 is 1.41 bits per heavy atom. The van der Waals surface area contributed by atoms with Crippen molar-refractivity contribution in [1.29, 1.82) is 0 Å². The van der Waals surface area contributed by atoms with Gasteiger partial charge in [-0.1, -0.05) is 18.2 Å². The SMILES string of the molecule is CC(NCC1CSCCS1)c1ccccc1O. The Morgan fingerprint density at radius 2 is 2.24 bits per heavy atom. The topological polar surface area (TPSA) is 32.3 Å². The third-order valence-electron chi connectivity index (χ3n) is 2.94. The van der Waals surface area contributed by atoms with E-state index in [1.165, 1.54) is 17.3 Å². The van der Waals surface area contributed by atoms with Gasteiger partial charge < -0.3 is 10.4 Å². The molecule has 1 aromatic rings. The highest BCUT2D eigenvalue weighted by Crippen LogP contribution is 2.26. The molecular weight excluding hydrogens is 250 g/mol. The molecule has 0 aromatic heterocycles. The van der Waals surface area contributed by atoms with E-state index in [0.717, 1.165) is 12.1 Å². The highest BCUT2D eigenvalue weighted by atomic mass is 32.2. The van der Waals surface area contributed by atoms with E-state index in [1.807, 2.05) is 30.0 Å². The van der Waals surface area contributed by atoms with Crippen molar-refractivity contribution in [2.45, 2.75) is 18.2 Å². The van der Waals surface area contributed by atoms with Crippen LogP contribution < -0.4 is 5.32 Å². The van der Waals surface area contributed by atoms with Crippen molar-refractivity contribution in [2.24, 2.45) is 0 Å². The average molecular weight is 269 g/mol. The normalized spacial score (nSPS) is 22.3. The first kappa shape index (κ1) is 13.1. The summed E-state index contributed by atoms with van der Waals surface area (Å²) in [6, 6.07) is 7.77. The molecule has 0 saturated carbocycles. The number of thioether (sulfide) groups is 2. The van der Waals surface area contributed by atoms with Gasteiger partial charge >= 0.3 is 0 Å². The summed E-state index contributed by atoms with van der Waals surface area (Å²) >= 11 is 4.10. The Balaban J connectivity index is 1.84. The van der Waals surface area contributed by atoms with E-state index in [2.05, 4.69) is 24.0 Å². The van der Waals surface area contributed by atoms with E-state index in [9.17, 15) is 5.11 Å². The molecule has 2 nitrogen and oxygen atoms in total. The van der Waals surface area contributed by atoms with Gasteiger partial charge in [-0.15, -0.1) is 0 Å². The van der Waals surface area contributed by atoms with Gasteiger partial charge in [-0.05, 0) is 13.0 Å². The Labute approximate surface area is 112 Å². The van der Waals surface area contributed by atoms with Crippen LogP contribution in [0.1, 0.15) is 18.5 Å². The van der Waals surface area contributed by atoms with Crippen LogP contribution in [0, 0.1) is 0 Å². The fourth-order valence-corrected chi connectivity index (χ4v) is 4.55. The van der Waals surface area contributed by atoms with E-state index >= 15 is 0 Å². The Kier molecular flexibility index (Phi) is 5.07. The minimum Gasteiger partial charge on any atom is -0.508 e. The molecule has 0 radical (unpaired) electrons. The first-order chi connectivity index (χ1) is 8.27. The van der Waals surface area contributed by atoms with Gasteiger partial charge in [-0.2, -0.15) is 23.5 Å². The predicted octanol–water partition coefficient (Wildman–Crippen LogP) is 2.89. The Morgan fingerprint density at radius 3 is 2.94 bits per heavy atom. The number of hydrogen-bond acceptors (Lipinski definition) is 4. The van der Waals surface area contributed by atoms with E-state index in [4.69, 9.17) is 0 Å². The lowest BCUT2D eigenvalue weighted by Crippen LogP contribution is -2.30. The molecule has 2 rings (SSSR count). The zero-order valence-corrected chi connectivity index (χ0v) is 11.7. The average Bonchev–Trinajstić information content (AvgIpc) is 2.38. The molecule has 1 heterocycles. The number of phenolic OH excluding ortho intramolecular Hbond substituents is 1. The standard InChI is InChI=1S/C13H19NOS2/c1-10(12-4-2-3-5-13(12)15)14-8-11-9-16-6-7-17-11/h2-5,10-11,14-15H,6-9H2,1H3. The molecule has 1 aliphatic heterocycles. The second-order valence-electron chi connectivity index (χ2n) is 4.26. The summed E-state index contributed by atoms with van der Waals surface area (Å²) < 4.78 is 0. The highest BCUT2D eigenvalue weighted by Gasteiger charge is 2.16. The lowest BCUT2D eigenvalue weighted by atomic mass is 10.1. The van der Waals surface area contributed by atoms with Gasteiger partial charge in [-0.25, -0.2) is 0 Å². The van der Waals surface area contributed by atoms with E-state index in [0.29, 0.717) is 11.0 Å². The van der Waals surface area contributed by atoms with Crippen molar-refractivity contribution >= 4 is 23.5 Å². The van der Waals surface area contributed by atoms with Gasteiger partial charge in [0.05, 0.1) is 0 Å². The van der Waals surface area contributed by atoms with Crippen LogP contribution in [0.15, 0.2) is 24.3 Å². The van der Waals surface area contributed by atoms with E-state index in [-0.39, 0.29) is 6.04 Å². The molecule has 0 aliphatic carbocycles. The molecule has 4 heteroatoms. The van der Waals surface area contributed by atoms with Crippen LogP contribution in [0.5, 0.6) is 5.75 Å². The summed E-state index contributed by atoms with van der Waals surface area (Å²) in [5.74, 6) is 4.18. The molecule has 0 spiro atoms. The summed E-state index contributed by atoms with van der Waals surface area (Å²) in [6.07, 6.45) is 0. The highest BCUT2D eigenvalue weighted by molar-refractivity contribution is 8.06. The van der Waals surface area contributed by atoms with Crippen molar-refractivity contribution in [3.63, 3.8) is 0 Å². The third kappa shape index (κ3) is 3.83. The Bertz CT molecular complexity index is 353. The van der Waals surface area contributed by atoms with Crippen LogP contribution in [-0.4, -0.2) is 34.2 Å². The zero-order valence-electron chi connectivity index (χ0n) is 10.1. The summed E-state index contributed by atoms with van der Waals surface area (Å²) in [5, 5.41) is 14.0. The van der Waals surface area contributed by atoms with E-state index in [1.54, 1.807) is 6.07 Å². The van der Waals surface area contributed by atoms with Crippen molar-refractivity contribution in [3.8, 4) is 5.75 Å².